The molecule has 0 unspecified atom stereocenters. The van der Waals surface area contributed by atoms with E-state index in [-0.39, 0.29) is 5.56 Å². The first-order chi connectivity index (χ1) is 8.24. The van der Waals surface area contributed by atoms with E-state index in [2.05, 4.69) is 0 Å². The van der Waals surface area contributed by atoms with Crippen LogP contribution in [0.25, 0.3) is 0 Å². The quantitative estimate of drug-likeness (QED) is 0.664. The minimum atomic E-state index is -0.938. The highest BCUT2D eigenvalue weighted by molar-refractivity contribution is 5.87. The van der Waals surface area contributed by atoms with Crippen LogP contribution in [0.1, 0.15) is 16.8 Å². The lowest BCUT2D eigenvalue weighted by atomic mass is 10.2. The van der Waals surface area contributed by atoms with Gasteiger partial charge in [-0.05, 0) is 24.3 Å². The maximum Gasteiger partial charge on any atom is 0.335 e. The highest BCUT2D eigenvalue weighted by Crippen LogP contribution is 2.12. The molecule has 0 spiro atoms. The lowest BCUT2D eigenvalue weighted by Gasteiger charge is -2.06. The summed E-state index contributed by atoms with van der Waals surface area (Å²) in [6.07, 6.45) is 0.778. The van der Waals surface area contributed by atoms with Crippen molar-refractivity contribution in [1.29, 1.82) is 0 Å². The second-order valence-electron chi connectivity index (χ2n) is 3.43. The zero-order chi connectivity index (χ0) is 12.5. The molecular formula is C12H17NO4. The van der Waals surface area contributed by atoms with Crippen LogP contribution in [-0.2, 0) is 4.74 Å². The fourth-order valence-corrected chi connectivity index (χ4v) is 1.23. The maximum atomic E-state index is 10.6. The van der Waals surface area contributed by atoms with E-state index in [1.807, 2.05) is 0 Å². The van der Waals surface area contributed by atoms with Gasteiger partial charge in [-0.1, -0.05) is 0 Å². The Morgan fingerprint density at radius 2 is 1.88 bits per heavy atom. The van der Waals surface area contributed by atoms with Crippen molar-refractivity contribution in [3.05, 3.63) is 29.8 Å². The molecule has 0 saturated carbocycles. The molecule has 5 nitrogen and oxygen atoms in total. The summed E-state index contributed by atoms with van der Waals surface area (Å²) in [4.78, 5) is 10.6. The highest BCUT2D eigenvalue weighted by atomic mass is 16.5. The summed E-state index contributed by atoms with van der Waals surface area (Å²) in [5.74, 6) is -0.277. The van der Waals surface area contributed by atoms with E-state index in [1.54, 1.807) is 12.1 Å². The lowest BCUT2D eigenvalue weighted by Crippen LogP contribution is -2.10. The Balaban J connectivity index is 2.21. The monoisotopic (exact) mass is 239 g/mol. The van der Waals surface area contributed by atoms with Gasteiger partial charge in [0.05, 0.1) is 18.8 Å². The molecule has 0 amide bonds. The SMILES string of the molecule is NCCOCCCOc1ccc(C(=O)O)cc1. The third kappa shape index (κ3) is 5.33. The molecule has 1 aromatic carbocycles. The molecule has 1 aromatic rings. The van der Waals surface area contributed by atoms with Gasteiger partial charge in [-0.3, -0.25) is 0 Å². The molecule has 0 bridgehead atoms. The van der Waals surface area contributed by atoms with Crippen molar-refractivity contribution in [2.75, 3.05) is 26.4 Å². The summed E-state index contributed by atoms with van der Waals surface area (Å²) < 4.78 is 10.6. The van der Waals surface area contributed by atoms with Crippen molar-refractivity contribution in [1.82, 2.24) is 0 Å². The number of nitrogens with two attached hydrogens (primary N) is 1. The maximum absolute atomic E-state index is 10.6. The van der Waals surface area contributed by atoms with Crippen molar-refractivity contribution in [2.45, 2.75) is 6.42 Å². The Morgan fingerprint density at radius 1 is 1.18 bits per heavy atom. The molecule has 0 aromatic heterocycles. The van der Waals surface area contributed by atoms with Crippen LogP contribution in [0.4, 0.5) is 0 Å². The zero-order valence-electron chi connectivity index (χ0n) is 9.59. The fourth-order valence-electron chi connectivity index (χ4n) is 1.23. The van der Waals surface area contributed by atoms with Crippen molar-refractivity contribution in [3.63, 3.8) is 0 Å². The molecule has 1 rings (SSSR count). The summed E-state index contributed by atoms with van der Waals surface area (Å²) in [5, 5.41) is 8.70. The molecule has 0 saturated heterocycles. The van der Waals surface area contributed by atoms with E-state index in [1.165, 1.54) is 12.1 Å². The first kappa shape index (κ1) is 13.5. The van der Waals surface area contributed by atoms with Gasteiger partial charge in [0.2, 0.25) is 0 Å². The molecule has 0 aliphatic heterocycles. The Hall–Kier alpha value is -1.59. The molecule has 94 valence electrons. The fraction of sp³-hybridized carbons (Fsp3) is 0.417. The van der Waals surface area contributed by atoms with Crippen molar-refractivity contribution >= 4 is 5.97 Å². The summed E-state index contributed by atoms with van der Waals surface area (Å²) in [7, 11) is 0. The molecule has 0 aliphatic rings. The average Bonchev–Trinajstić information content (AvgIpc) is 2.34. The Morgan fingerprint density at radius 3 is 2.47 bits per heavy atom. The normalized spacial score (nSPS) is 10.2. The molecule has 0 atom stereocenters. The van der Waals surface area contributed by atoms with Crippen molar-refractivity contribution < 1.29 is 19.4 Å². The summed E-state index contributed by atoms with van der Waals surface area (Å²) >= 11 is 0. The number of carbonyl (C=O) groups is 1. The largest absolute Gasteiger partial charge is 0.494 e. The minimum Gasteiger partial charge on any atom is -0.494 e. The second kappa shape index (κ2) is 7.65. The van der Waals surface area contributed by atoms with Crippen molar-refractivity contribution in [3.8, 4) is 5.75 Å². The number of ether oxygens (including phenoxy) is 2. The molecule has 17 heavy (non-hydrogen) atoms. The first-order valence-corrected chi connectivity index (χ1v) is 5.48. The first-order valence-electron chi connectivity index (χ1n) is 5.48. The molecule has 5 heteroatoms. The minimum absolute atomic E-state index is 0.253. The Labute approximate surface area is 100 Å². The van der Waals surface area contributed by atoms with Gasteiger partial charge in [-0.2, -0.15) is 0 Å². The van der Waals surface area contributed by atoms with E-state index in [0.717, 1.165) is 6.42 Å². The Bertz CT molecular complexity index is 337. The predicted octanol–water partition coefficient (Wildman–Crippen LogP) is 1.13. The molecule has 3 N–H and O–H groups in total. The van der Waals surface area contributed by atoms with Crippen LogP contribution in [0.5, 0.6) is 5.75 Å². The number of carboxylic acids is 1. The summed E-state index contributed by atoms with van der Waals surface area (Å²) in [6, 6.07) is 6.32. The standard InChI is InChI=1S/C12H17NO4/c13-6-9-16-7-1-8-17-11-4-2-10(3-5-11)12(14)15/h2-5H,1,6-9,13H2,(H,14,15). The van der Waals surface area contributed by atoms with Gasteiger partial charge in [-0.15, -0.1) is 0 Å². The van der Waals surface area contributed by atoms with Gasteiger partial charge in [0, 0.05) is 19.6 Å². The number of rotatable bonds is 8. The van der Waals surface area contributed by atoms with E-state index < -0.39 is 5.97 Å². The smallest absolute Gasteiger partial charge is 0.335 e. The molecule has 0 fully saturated rings. The van der Waals surface area contributed by atoms with Crippen LogP contribution in [0.3, 0.4) is 0 Å². The van der Waals surface area contributed by atoms with Crippen molar-refractivity contribution in [2.24, 2.45) is 5.73 Å². The predicted molar refractivity (Wildman–Crippen MR) is 63.4 cm³/mol. The number of benzene rings is 1. The van der Waals surface area contributed by atoms with E-state index in [4.69, 9.17) is 20.3 Å². The molecular weight excluding hydrogens is 222 g/mol. The van der Waals surface area contributed by atoms with Crippen LogP contribution in [0.15, 0.2) is 24.3 Å². The molecule has 0 heterocycles. The van der Waals surface area contributed by atoms with Crippen LogP contribution in [-0.4, -0.2) is 37.4 Å². The topological polar surface area (TPSA) is 81.8 Å². The second-order valence-corrected chi connectivity index (χ2v) is 3.43. The zero-order valence-corrected chi connectivity index (χ0v) is 9.59. The van der Waals surface area contributed by atoms with Crippen LogP contribution in [0.2, 0.25) is 0 Å². The van der Waals surface area contributed by atoms with Crippen LogP contribution >= 0.6 is 0 Å². The van der Waals surface area contributed by atoms with Crippen LogP contribution < -0.4 is 10.5 Å². The number of aromatic carboxylic acids is 1. The van der Waals surface area contributed by atoms with Crippen LogP contribution in [0, 0.1) is 0 Å². The Kier molecular flexibility index (Phi) is 6.06. The van der Waals surface area contributed by atoms with Gasteiger partial charge < -0.3 is 20.3 Å². The average molecular weight is 239 g/mol. The number of carboxylic acid groups (broad SMARTS) is 1. The molecule has 0 aliphatic carbocycles. The number of hydrogen-bond donors (Lipinski definition) is 2. The van der Waals surface area contributed by atoms with E-state index >= 15 is 0 Å². The van der Waals surface area contributed by atoms with Gasteiger partial charge in [0.25, 0.3) is 0 Å². The van der Waals surface area contributed by atoms with Gasteiger partial charge >= 0.3 is 5.97 Å². The third-order valence-corrected chi connectivity index (χ3v) is 2.07. The highest BCUT2D eigenvalue weighted by Gasteiger charge is 2.01. The summed E-state index contributed by atoms with van der Waals surface area (Å²) in [6.45, 7) is 2.24. The number of hydrogen-bond acceptors (Lipinski definition) is 4. The third-order valence-electron chi connectivity index (χ3n) is 2.07. The molecule has 0 radical (unpaired) electrons. The van der Waals surface area contributed by atoms with Gasteiger partial charge in [0.1, 0.15) is 5.75 Å². The van der Waals surface area contributed by atoms with Gasteiger partial charge in [0.15, 0.2) is 0 Å². The lowest BCUT2D eigenvalue weighted by molar-refractivity contribution is 0.0697. The van der Waals surface area contributed by atoms with Gasteiger partial charge in [-0.25, -0.2) is 4.79 Å². The van der Waals surface area contributed by atoms with E-state index in [0.29, 0.717) is 32.1 Å². The van der Waals surface area contributed by atoms with E-state index in [9.17, 15) is 4.79 Å². The summed E-state index contributed by atoms with van der Waals surface area (Å²) in [5.41, 5.74) is 5.52.